The van der Waals surface area contributed by atoms with Gasteiger partial charge in [0.1, 0.15) is 5.75 Å². The first-order chi connectivity index (χ1) is 7.37. The van der Waals surface area contributed by atoms with Gasteiger partial charge in [-0.15, -0.1) is 13.2 Å². The fraction of sp³-hybridized carbons (Fsp3) is 0.100. The summed E-state index contributed by atoms with van der Waals surface area (Å²) in [6, 6.07) is 4.76. The molecule has 84 valence electrons. The summed E-state index contributed by atoms with van der Waals surface area (Å²) in [6.45, 7) is 0. The fourth-order valence-electron chi connectivity index (χ4n) is 0.897. The van der Waals surface area contributed by atoms with Crippen LogP contribution in [0.5, 0.6) is 5.75 Å². The molecule has 3 nitrogen and oxygen atoms in total. The molecule has 0 unspecified atom stereocenters. The SMILES string of the molecule is O=C(O)C#Cc1cccc(OC(F)(F)F)c1. The van der Waals surface area contributed by atoms with Crippen molar-refractivity contribution in [2.75, 3.05) is 0 Å². The summed E-state index contributed by atoms with van der Waals surface area (Å²) in [5.41, 5.74) is 0.129. The largest absolute Gasteiger partial charge is 0.573 e. The van der Waals surface area contributed by atoms with Gasteiger partial charge in [0.25, 0.3) is 0 Å². The Labute approximate surface area is 88.5 Å². The van der Waals surface area contributed by atoms with Crippen LogP contribution in [0, 0.1) is 11.8 Å². The molecule has 0 aromatic heterocycles. The molecule has 0 bridgehead atoms. The number of hydrogen-bond acceptors (Lipinski definition) is 2. The molecule has 0 saturated heterocycles. The van der Waals surface area contributed by atoms with Crippen molar-refractivity contribution in [3.63, 3.8) is 0 Å². The van der Waals surface area contributed by atoms with Crippen LogP contribution in [0.25, 0.3) is 0 Å². The molecule has 16 heavy (non-hydrogen) atoms. The molecule has 0 spiro atoms. The number of halogens is 3. The molecule has 0 heterocycles. The Balaban J connectivity index is 2.89. The van der Waals surface area contributed by atoms with E-state index in [4.69, 9.17) is 5.11 Å². The minimum absolute atomic E-state index is 0.129. The molecule has 0 aliphatic rings. The average Bonchev–Trinajstić information content (AvgIpc) is 2.12. The van der Waals surface area contributed by atoms with Crippen molar-refractivity contribution in [3.8, 4) is 17.6 Å². The van der Waals surface area contributed by atoms with Crippen LogP contribution < -0.4 is 4.74 Å². The molecule has 1 aromatic carbocycles. The normalized spacial score (nSPS) is 10.2. The van der Waals surface area contributed by atoms with Gasteiger partial charge >= 0.3 is 12.3 Å². The molecule has 0 aliphatic heterocycles. The van der Waals surface area contributed by atoms with Crippen LogP contribution in [-0.2, 0) is 4.79 Å². The highest BCUT2D eigenvalue weighted by atomic mass is 19.4. The second-order valence-electron chi connectivity index (χ2n) is 2.63. The summed E-state index contributed by atoms with van der Waals surface area (Å²) in [6.07, 6.45) is -4.78. The van der Waals surface area contributed by atoms with Crippen molar-refractivity contribution >= 4 is 5.97 Å². The van der Waals surface area contributed by atoms with Crippen molar-refractivity contribution in [2.45, 2.75) is 6.36 Å². The third-order valence-corrected chi connectivity index (χ3v) is 1.38. The molecule has 1 rings (SSSR count). The van der Waals surface area contributed by atoms with Gasteiger partial charge in [0.2, 0.25) is 0 Å². The highest BCUT2D eigenvalue weighted by Gasteiger charge is 2.30. The van der Waals surface area contributed by atoms with E-state index in [-0.39, 0.29) is 5.56 Å². The highest BCUT2D eigenvalue weighted by molar-refractivity contribution is 5.87. The van der Waals surface area contributed by atoms with Crippen LogP contribution in [0.2, 0.25) is 0 Å². The van der Waals surface area contributed by atoms with Crippen LogP contribution >= 0.6 is 0 Å². The maximum atomic E-state index is 11.8. The predicted octanol–water partition coefficient (Wildman–Crippen LogP) is 2.02. The van der Waals surface area contributed by atoms with Gasteiger partial charge in [-0.25, -0.2) is 4.79 Å². The molecule has 0 aliphatic carbocycles. The highest BCUT2D eigenvalue weighted by Crippen LogP contribution is 2.22. The first kappa shape index (κ1) is 11.9. The van der Waals surface area contributed by atoms with Gasteiger partial charge in [-0.3, -0.25) is 0 Å². The van der Waals surface area contributed by atoms with E-state index in [0.717, 1.165) is 12.1 Å². The minimum Gasteiger partial charge on any atom is -0.472 e. The Morgan fingerprint density at radius 3 is 2.62 bits per heavy atom. The van der Waals surface area contributed by atoms with E-state index in [1.165, 1.54) is 12.1 Å². The molecule has 0 fully saturated rings. The summed E-state index contributed by atoms with van der Waals surface area (Å²) >= 11 is 0. The Morgan fingerprint density at radius 2 is 2.06 bits per heavy atom. The smallest absolute Gasteiger partial charge is 0.472 e. The lowest BCUT2D eigenvalue weighted by Crippen LogP contribution is -2.17. The molecule has 6 heteroatoms. The maximum Gasteiger partial charge on any atom is 0.573 e. The number of benzene rings is 1. The van der Waals surface area contributed by atoms with Crippen LogP contribution in [0.1, 0.15) is 5.56 Å². The van der Waals surface area contributed by atoms with Crippen molar-refractivity contribution in [3.05, 3.63) is 29.8 Å². The summed E-state index contributed by atoms with van der Waals surface area (Å²) in [5.74, 6) is 2.16. The Hall–Kier alpha value is -2.16. The third kappa shape index (κ3) is 4.37. The zero-order valence-electron chi connectivity index (χ0n) is 7.71. The summed E-state index contributed by atoms with van der Waals surface area (Å²) in [7, 11) is 0. The molecular formula is C10H5F3O3. The second kappa shape index (κ2) is 4.57. The van der Waals surface area contributed by atoms with Gasteiger partial charge < -0.3 is 9.84 Å². The Bertz CT molecular complexity index is 454. The number of carboxylic acids is 1. The topological polar surface area (TPSA) is 46.5 Å². The van der Waals surface area contributed by atoms with Crippen LogP contribution in [-0.4, -0.2) is 17.4 Å². The lowest BCUT2D eigenvalue weighted by atomic mass is 10.2. The van der Waals surface area contributed by atoms with E-state index in [1.54, 1.807) is 5.92 Å². The number of carboxylic acid groups (broad SMARTS) is 1. The minimum atomic E-state index is -4.78. The first-order valence-electron chi connectivity index (χ1n) is 3.97. The fourth-order valence-corrected chi connectivity index (χ4v) is 0.897. The third-order valence-electron chi connectivity index (χ3n) is 1.38. The monoisotopic (exact) mass is 230 g/mol. The molecule has 0 atom stereocenters. The van der Waals surface area contributed by atoms with E-state index in [0.29, 0.717) is 0 Å². The van der Waals surface area contributed by atoms with Crippen molar-refractivity contribution in [2.24, 2.45) is 0 Å². The number of ether oxygens (including phenoxy) is 1. The Morgan fingerprint density at radius 1 is 1.38 bits per heavy atom. The molecule has 0 amide bonds. The van der Waals surface area contributed by atoms with E-state index >= 15 is 0 Å². The molecule has 0 saturated carbocycles. The number of rotatable bonds is 1. The summed E-state index contributed by atoms with van der Waals surface area (Å²) in [5, 5.41) is 8.25. The standard InChI is InChI=1S/C10H5F3O3/c11-10(12,13)16-8-3-1-2-7(6-8)4-5-9(14)15/h1-3,6H,(H,14,15). The van der Waals surface area contributed by atoms with Gasteiger partial charge in [-0.1, -0.05) is 12.0 Å². The van der Waals surface area contributed by atoms with Crippen molar-refractivity contribution in [1.82, 2.24) is 0 Å². The molecular weight excluding hydrogens is 225 g/mol. The molecule has 1 N–H and O–H groups in total. The lowest BCUT2D eigenvalue weighted by Gasteiger charge is -2.08. The first-order valence-corrected chi connectivity index (χ1v) is 3.97. The second-order valence-corrected chi connectivity index (χ2v) is 2.63. The molecule has 1 aromatic rings. The zero-order valence-corrected chi connectivity index (χ0v) is 7.71. The Kier molecular flexibility index (Phi) is 3.40. The average molecular weight is 230 g/mol. The number of aliphatic carboxylic acids is 1. The zero-order chi connectivity index (χ0) is 12.2. The van der Waals surface area contributed by atoms with Gasteiger partial charge in [-0.05, 0) is 18.2 Å². The van der Waals surface area contributed by atoms with Crippen LogP contribution in [0.3, 0.4) is 0 Å². The van der Waals surface area contributed by atoms with Gasteiger partial charge in [0.05, 0.1) is 0 Å². The lowest BCUT2D eigenvalue weighted by molar-refractivity contribution is -0.274. The molecule has 0 radical (unpaired) electrons. The van der Waals surface area contributed by atoms with E-state index < -0.39 is 18.1 Å². The number of carbonyl (C=O) groups is 1. The maximum absolute atomic E-state index is 11.8. The number of hydrogen-bond donors (Lipinski definition) is 1. The van der Waals surface area contributed by atoms with Crippen molar-refractivity contribution < 1.29 is 27.8 Å². The van der Waals surface area contributed by atoms with Crippen molar-refractivity contribution in [1.29, 1.82) is 0 Å². The van der Waals surface area contributed by atoms with E-state index in [2.05, 4.69) is 10.7 Å². The quantitative estimate of drug-likeness (QED) is 0.751. The summed E-state index contributed by atoms with van der Waals surface area (Å²) < 4.78 is 39.1. The van der Waals surface area contributed by atoms with E-state index in [1.807, 2.05) is 0 Å². The predicted molar refractivity (Wildman–Crippen MR) is 47.6 cm³/mol. The number of alkyl halides is 3. The summed E-state index contributed by atoms with van der Waals surface area (Å²) in [4.78, 5) is 10.1. The van der Waals surface area contributed by atoms with Gasteiger partial charge in [-0.2, -0.15) is 0 Å². The van der Waals surface area contributed by atoms with Crippen LogP contribution in [0.4, 0.5) is 13.2 Å². The van der Waals surface area contributed by atoms with Crippen LogP contribution in [0.15, 0.2) is 24.3 Å². The van der Waals surface area contributed by atoms with E-state index in [9.17, 15) is 18.0 Å². The van der Waals surface area contributed by atoms with Gasteiger partial charge in [0.15, 0.2) is 0 Å². The van der Waals surface area contributed by atoms with Gasteiger partial charge in [0, 0.05) is 11.5 Å².